The van der Waals surface area contributed by atoms with Crippen LogP contribution in [0.15, 0.2) is 0 Å². The first kappa shape index (κ1) is 10.3. The number of carbonyl (C=O) groups is 1. The molecule has 4 heteroatoms. The van der Waals surface area contributed by atoms with Gasteiger partial charge in [0.05, 0.1) is 0 Å². The molecule has 60 valence electrons. The number of hydrogen-bond donors (Lipinski definition) is 2. The van der Waals surface area contributed by atoms with Crippen LogP contribution in [-0.2, 0) is 4.79 Å². The van der Waals surface area contributed by atoms with Crippen molar-refractivity contribution in [2.45, 2.75) is 26.3 Å². The predicted octanol–water partition coefficient (Wildman–Crippen LogP) is 1.48. The lowest BCUT2D eigenvalue weighted by Crippen LogP contribution is -2.24. The van der Waals surface area contributed by atoms with Crippen molar-refractivity contribution in [2.75, 3.05) is 6.54 Å². The summed E-state index contributed by atoms with van der Waals surface area (Å²) in [5, 5.41) is 3.26. The fourth-order valence-electron chi connectivity index (χ4n) is 0.509. The third kappa shape index (κ3) is 6.45. The molecule has 10 heavy (non-hydrogen) atoms. The third-order valence-electron chi connectivity index (χ3n) is 0.984. The van der Waals surface area contributed by atoms with E-state index in [0.717, 1.165) is 17.3 Å². The molecule has 0 saturated heterocycles. The molecule has 0 aromatic heterocycles. The minimum absolute atomic E-state index is 0.122. The zero-order valence-electron chi connectivity index (χ0n) is 6.26. The lowest BCUT2D eigenvalue weighted by atomic mass is 10.3. The van der Waals surface area contributed by atoms with Gasteiger partial charge in [0.15, 0.2) is 5.12 Å². The molecule has 0 atom stereocenters. The highest BCUT2D eigenvalue weighted by atomic mass is 33.1. The molecule has 0 amide bonds. The smallest absolute Gasteiger partial charge is 0.200 e. The highest BCUT2D eigenvalue weighted by Crippen LogP contribution is 2.07. The van der Waals surface area contributed by atoms with Crippen LogP contribution in [0.3, 0.4) is 0 Å². The van der Waals surface area contributed by atoms with Crippen LogP contribution in [-0.4, -0.2) is 17.7 Å². The van der Waals surface area contributed by atoms with Crippen LogP contribution < -0.4 is 5.32 Å². The van der Waals surface area contributed by atoms with E-state index in [0.29, 0.717) is 12.5 Å². The quantitative estimate of drug-likeness (QED) is 0.506. The largest absolute Gasteiger partial charge is 0.314 e. The Kier molecular flexibility index (Phi) is 6.27. The SMILES string of the molecule is CC(C)NCCC(=O)SS. The van der Waals surface area contributed by atoms with E-state index in [9.17, 15) is 4.79 Å². The van der Waals surface area contributed by atoms with E-state index in [1.807, 2.05) is 0 Å². The standard InChI is InChI=1S/C6H13NOS2/c1-5(2)7-4-3-6(8)10-9/h5,7,9H,3-4H2,1-2H3. The first-order valence-electron chi connectivity index (χ1n) is 3.24. The molecular formula is C6H13NOS2. The van der Waals surface area contributed by atoms with Gasteiger partial charge in [0.2, 0.25) is 0 Å². The molecule has 0 aliphatic rings. The summed E-state index contributed by atoms with van der Waals surface area (Å²) < 4.78 is 0. The van der Waals surface area contributed by atoms with Gasteiger partial charge in [0, 0.05) is 19.0 Å². The zero-order chi connectivity index (χ0) is 7.98. The molecular weight excluding hydrogens is 166 g/mol. The predicted molar refractivity (Wildman–Crippen MR) is 49.3 cm³/mol. The molecule has 0 spiro atoms. The summed E-state index contributed by atoms with van der Waals surface area (Å²) in [6.45, 7) is 4.86. The van der Waals surface area contributed by atoms with Crippen LogP contribution >= 0.6 is 22.5 Å². The maximum atomic E-state index is 10.6. The Bertz CT molecular complexity index is 106. The Hall–Kier alpha value is 0.330. The van der Waals surface area contributed by atoms with Crippen molar-refractivity contribution in [1.82, 2.24) is 5.32 Å². The summed E-state index contributed by atoms with van der Waals surface area (Å²) in [6, 6.07) is 0.456. The van der Waals surface area contributed by atoms with Gasteiger partial charge in [-0.3, -0.25) is 4.79 Å². The number of hydrogen-bond acceptors (Lipinski definition) is 4. The highest BCUT2D eigenvalue weighted by Gasteiger charge is 1.98. The van der Waals surface area contributed by atoms with Crippen LogP contribution in [0.1, 0.15) is 20.3 Å². The van der Waals surface area contributed by atoms with Crippen LogP contribution in [0.4, 0.5) is 0 Å². The normalized spacial score (nSPS) is 10.4. The van der Waals surface area contributed by atoms with E-state index in [-0.39, 0.29) is 5.12 Å². The summed E-state index contributed by atoms with van der Waals surface area (Å²) in [4.78, 5) is 10.6. The molecule has 0 aliphatic carbocycles. The molecule has 0 heterocycles. The first-order valence-corrected chi connectivity index (χ1v) is 5.11. The second-order valence-electron chi connectivity index (χ2n) is 2.32. The summed E-state index contributed by atoms with van der Waals surface area (Å²) in [5.41, 5.74) is 0. The molecule has 0 saturated carbocycles. The fourth-order valence-corrected chi connectivity index (χ4v) is 0.976. The lowest BCUT2D eigenvalue weighted by molar-refractivity contribution is -0.110. The number of carbonyl (C=O) groups excluding carboxylic acids is 1. The van der Waals surface area contributed by atoms with Crippen molar-refractivity contribution in [1.29, 1.82) is 0 Å². The molecule has 0 rings (SSSR count). The number of thiol groups is 1. The topological polar surface area (TPSA) is 29.1 Å². The molecule has 0 unspecified atom stereocenters. The average Bonchev–Trinajstić information content (AvgIpc) is 1.87. The van der Waals surface area contributed by atoms with Gasteiger partial charge in [-0.1, -0.05) is 13.8 Å². The van der Waals surface area contributed by atoms with Gasteiger partial charge >= 0.3 is 0 Å². The first-order chi connectivity index (χ1) is 4.66. The summed E-state index contributed by atoms with van der Waals surface area (Å²) in [6.07, 6.45) is 0.562. The van der Waals surface area contributed by atoms with Gasteiger partial charge in [0.25, 0.3) is 0 Å². The maximum absolute atomic E-state index is 10.6. The van der Waals surface area contributed by atoms with Crippen molar-refractivity contribution in [3.05, 3.63) is 0 Å². The Labute approximate surface area is 71.0 Å². The van der Waals surface area contributed by atoms with Crippen LogP contribution in [0.2, 0.25) is 0 Å². The van der Waals surface area contributed by atoms with E-state index in [1.165, 1.54) is 0 Å². The van der Waals surface area contributed by atoms with Gasteiger partial charge in [0.1, 0.15) is 0 Å². The van der Waals surface area contributed by atoms with Crippen molar-refractivity contribution < 1.29 is 4.79 Å². The maximum Gasteiger partial charge on any atom is 0.200 e. The van der Waals surface area contributed by atoms with Gasteiger partial charge in [-0.15, -0.1) is 11.7 Å². The van der Waals surface area contributed by atoms with Crippen LogP contribution in [0.5, 0.6) is 0 Å². The Morgan fingerprint density at radius 2 is 2.30 bits per heavy atom. The molecule has 2 nitrogen and oxygen atoms in total. The van der Waals surface area contributed by atoms with Gasteiger partial charge in [-0.05, 0) is 10.8 Å². The van der Waals surface area contributed by atoms with Gasteiger partial charge < -0.3 is 5.32 Å². The van der Waals surface area contributed by atoms with E-state index in [2.05, 4.69) is 30.8 Å². The second-order valence-corrected chi connectivity index (χ2v) is 3.51. The lowest BCUT2D eigenvalue weighted by Gasteiger charge is -2.05. The second kappa shape index (κ2) is 6.07. The van der Waals surface area contributed by atoms with E-state index in [4.69, 9.17) is 0 Å². The number of nitrogens with one attached hydrogen (secondary N) is 1. The van der Waals surface area contributed by atoms with E-state index < -0.39 is 0 Å². The van der Waals surface area contributed by atoms with Crippen LogP contribution in [0, 0.1) is 0 Å². The summed E-state index contributed by atoms with van der Waals surface area (Å²) >= 11 is 3.78. The van der Waals surface area contributed by atoms with Crippen LogP contribution in [0.25, 0.3) is 0 Å². The van der Waals surface area contributed by atoms with E-state index in [1.54, 1.807) is 0 Å². The molecule has 0 aromatic rings. The molecule has 1 N–H and O–H groups in total. The highest BCUT2D eigenvalue weighted by molar-refractivity contribution is 8.74. The minimum atomic E-state index is 0.122. The van der Waals surface area contributed by atoms with Gasteiger partial charge in [-0.2, -0.15) is 0 Å². The number of rotatable bonds is 4. The molecule has 0 bridgehead atoms. The average molecular weight is 179 g/mol. The summed E-state index contributed by atoms with van der Waals surface area (Å²) in [7, 11) is 0.992. The minimum Gasteiger partial charge on any atom is -0.314 e. The fraction of sp³-hybridized carbons (Fsp3) is 0.833. The Balaban J connectivity index is 3.12. The molecule has 0 fully saturated rings. The van der Waals surface area contributed by atoms with Crippen molar-refractivity contribution in [3.63, 3.8) is 0 Å². The van der Waals surface area contributed by atoms with Gasteiger partial charge in [-0.25, -0.2) is 0 Å². The Morgan fingerprint density at radius 3 is 2.70 bits per heavy atom. The van der Waals surface area contributed by atoms with Crippen molar-refractivity contribution >= 4 is 27.6 Å². The molecule has 0 radical (unpaired) electrons. The van der Waals surface area contributed by atoms with E-state index >= 15 is 0 Å². The molecule has 0 aromatic carbocycles. The third-order valence-corrected chi connectivity index (χ3v) is 2.00. The van der Waals surface area contributed by atoms with Crippen molar-refractivity contribution in [3.8, 4) is 0 Å². The Morgan fingerprint density at radius 1 is 1.70 bits per heavy atom. The van der Waals surface area contributed by atoms with Crippen molar-refractivity contribution in [2.24, 2.45) is 0 Å². The monoisotopic (exact) mass is 179 g/mol. The summed E-state index contributed by atoms with van der Waals surface area (Å²) in [5.74, 6) is 0. The molecule has 0 aliphatic heterocycles. The zero-order valence-corrected chi connectivity index (χ0v) is 7.97.